The summed E-state index contributed by atoms with van der Waals surface area (Å²) in [4.78, 5) is -0.554. The fourth-order valence-electron chi connectivity index (χ4n) is 2.63. The molecule has 1 aliphatic rings. The third-order valence-corrected chi connectivity index (χ3v) is 6.00. The third kappa shape index (κ3) is 2.80. The van der Waals surface area contributed by atoms with Gasteiger partial charge in [-0.15, -0.1) is 0 Å². The molecule has 116 valence electrons. The molecule has 1 fully saturated rings. The van der Waals surface area contributed by atoms with Gasteiger partial charge >= 0.3 is 0 Å². The van der Waals surface area contributed by atoms with Crippen LogP contribution in [-0.2, 0) is 10.0 Å². The molecule has 3 N–H and O–H groups in total. The number of nitrogens with two attached hydrogens (primary N) is 1. The van der Waals surface area contributed by atoms with E-state index in [4.69, 9.17) is 18.0 Å². The lowest BCUT2D eigenvalue weighted by Crippen LogP contribution is -2.40. The van der Waals surface area contributed by atoms with Crippen molar-refractivity contribution < 1.29 is 17.9 Å². The molecule has 0 saturated carbocycles. The largest absolute Gasteiger partial charge is 0.395 e. The second-order valence-corrected chi connectivity index (χ2v) is 7.41. The highest BCUT2D eigenvalue weighted by atomic mass is 32.2. The summed E-state index contributed by atoms with van der Waals surface area (Å²) in [6, 6.07) is 3.18. The molecule has 1 heterocycles. The molecule has 8 heteroatoms. The first-order chi connectivity index (χ1) is 9.80. The molecule has 0 aliphatic carbocycles. The van der Waals surface area contributed by atoms with E-state index in [-0.39, 0.29) is 34.5 Å². The minimum atomic E-state index is -3.97. The Balaban J connectivity index is 2.56. The van der Waals surface area contributed by atoms with Crippen molar-refractivity contribution in [3.8, 4) is 0 Å². The van der Waals surface area contributed by atoms with Crippen LogP contribution < -0.4 is 5.73 Å². The van der Waals surface area contributed by atoms with Gasteiger partial charge in [-0.3, -0.25) is 0 Å². The zero-order valence-corrected chi connectivity index (χ0v) is 13.1. The molecule has 0 aromatic heterocycles. The Bertz CT molecular complexity index is 663. The maximum Gasteiger partial charge on any atom is 0.244 e. The minimum Gasteiger partial charge on any atom is -0.395 e. The molecule has 0 radical (unpaired) electrons. The molecule has 1 aromatic carbocycles. The van der Waals surface area contributed by atoms with Crippen molar-refractivity contribution in [1.82, 2.24) is 4.31 Å². The number of benzene rings is 1. The molecule has 1 aliphatic heterocycles. The van der Waals surface area contributed by atoms with Gasteiger partial charge in [0.05, 0.1) is 23.1 Å². The predicted octanol–water partition coefficient (Wildman–Crippen LogP) is 0.851. The molecule has 0 amide bonds. The summed E-state index contributed by atoms with van der Waals surface area (Å²) in [5.41, 5.74) is 5.19. The molecule has 2 unspecified atom stereocenters. The Labute approximate surface area is 128 Å². The van der Waals surface area contributed by atoms with Crippen LogP contribution in [0, 0.1) is 11.7 Å². The standard InChI is InChI=1S/C13H17FN2O3S2/c1-8-5-6-16(10(8)7-17)21(18,19)11-4-2-3-9(14)12(11)13(15)20/h2-4,8,10,17H,5-7H2,1H3,(H2,15,20). The number of sulfonamides is 1. The van der Waals surface area contributed by atoms with E-state index in [0.29, 0.717) is 6.42 Å². The van der Waals surface area contributed by atoms with E-state index in [9.17, 15) is 17.9 Å². The maximum absolute atomic E-state index is 13.9. The maximum atomic E-state index is 13.9. The summed E-state index contributed by atoms with van der Waals surface area (Å²) >= 11 is 4.77. The SMILES string of the molecule is CC1CCN(S(=O)(=O)c2cccc(F)c2C(N)=S)C1CO. The first kappa shape index (κ1) is 16.3. The Morgan fingerprint density at radius 3 is 2.81 bits per heavy atom. The summed E-state index contributed by atoms with van der Waals surface area (Å²) in [5, 5.41) is 9.42. The molecule has 0 spiro atoms. The van der Waals surface area contributed by atoms with Crippen LogP contribution in [-0.4, -0.2) is 42.0 Å². The van der Waals surface area contributed by atoms with E-state index >= 15 is 0 Å². The molecule has 21 heavy (non-hydrogen) atoms. The lowest BCUT2D eigenvalue weighted by molar-refractivity contribution is 0.191. The highest BCUT2D eigenvalue weighted by Gasteiger charge is 2.40. The van der Waals surface area contributed by atoms with Crippen molar-refractivity contribution in [2.45, 2.75) is 24.3 Å². The fourth-order valence-corrected chi connectivity index (χ4v) is 4.84. The Morgan fingerprint density at radius 1 is 1.57 bits per heavy atom. The fraction of sp³-hybridized carbons (Fsp3) is 0.462. The van der Waals surface area contributed by atoms with Crippen molar-refractivity contribution >= 4 is 27.2 Å². The third-order valence-electron chi connectivity index (χ3n) is 3.83. The van der Waals surface area contributed by atoms with Gasteiger partial charge in [0.25, 0.3) is 0 Å². The Kier molecular flexibility index (Phi) is 4.62. The molecule has 2 atom stereocenters. The summed E-state index contributed by atoms with van der Waals surface area (Å²) in [6.45, 7) is 1.87. The van der Waals surface area contributed by atoms with Gasteiger partial charge in [0.1, 0.15) is 10.8 Å². The van der Waals surface area contributed by atoms with Gasteiger partial charge in [0.2, 0.25) is 10.0 Å². The minimum absolute atomic E-state index is 0.0339. The normalized spacial score (nSPS) is 23.4. The number of rotatable bonds is 4. The molecule has 1 saturated heterocycles. The van der Waals surface area contributed by atoms with Crippen molar-refractivity contribution in [2.75, 3.05) is 13.2 Å². The second kappa shape index (κ2) is 5.96. The number of nitrogens with zero attached hydrogens (tertiary/aromatic N) is 1. The quantitative estimate of drug-likeness (QED) is 0.799. The molecular formula is C13H17FN2O3S2. The topological polar surface area (TPSA) is 83.6 Å². The van der Waals surface area contributed by atoms with Crippen molar-refractivity contribution in [1.29, 1.82) is 0 Å². The first-order valence-electron chi connectivity index (χ1n) is 6.51. The lowest BCUT2D eigenvalue weighted by atomic mass is 10.0. The first-order valence-corrected chi connectivity index (χ1v) is 8.36. The smallest absolute Gasteiger partial charge is 0.244 e. The van der Waals surface area contributed by atoms with Gasteiger partial charge in [0.15, 0.2) is 0 Å². The van der Waals surface area contributed by atoms with Gasteiger partial charge in [0, 0.05) is 6.54 Å². The molecule has 2 rings (SSSR count). The Hall–Kier alpha value is -1.09. The molecule has 5 nitrogen and oxygen atoms in total. The van der Waals surface area contributed by atoms with Gasteiger partial charge in [-0.05, 0) is 24.5 Å². The number of thiocarbonyl (C=S) groups is 1. The number of aliphatic hydroxyl groups is 1. The van der Waals surface area contributed by atoms with Crippen LogP contribution in [0.15, 0.2) is 23.1 Å². The van der Waals surface area contributed by atoms with Crippen LogP contribution in [0.25, 0.3) is 0 Å². The van der Waals surface area contributed by atoms with Crippen LogP contribution in [0.5, 0.6) is 0 Å². The van der Waals surface area contributed by atoms with E-state index < -0.39 is 21.9 Å². The molecular weight excluding hydrogens is 315 g/mol. The van der Waals surface area contributed by atoms with Crippen molar-refractivity contribution in [3.05, 3.63) is 29.6 Å². The average molecular weight is 332 g/mol. The monoisotopic (exact) mass is 332 g/mol. The van der Waals surface area contributed by atoms with Crippen molar-refractivity contribution in [3.63, 3.8) is 0 Å². The zero-order chi connectivity index (χ0) is 15.8. The number of hydrogen-bond acceptors (Lipinski definition) is 4. The van der Waals surface area contributed by atoms with Crippen molar-refractivity contribution in [2.24, 2.45) is 11.7 Å². The number of aliphatic hydroxyl groups excluding tert-OH is 1. The van der Waals surface area contributed by atoms with E-state index in [1.807, 2.05) is 6.92 Å². The van der Waals surface area contributed by atoms with E-state index in [2.05, 4.69) is 0 Å². The van der Waals surface area contributed by atoms with E-state index in [0.717, 1.165) is 6.07 Å². The van der Waals surface area contributed by atoms with Gasteiger partial charge < -0.3 is 10.8 Å². The highest BCUT2D eigenvalue weighted by Crippen LogP contribution is 2.31. The Morgan fingerprint density at radius 2 is 2.24 bits per heavy atom. The van der Waals surface area contributed by atoms with Gasteiger partial charge in [-0.1, -0.05) is 25.2 Å². The summed E-state index contributed by atoms with van der Waals surface area (Å²) in [5.74, 6) is -0.733. The number of hydrogen-bond donors (Lipinski definition) is 2. The van der Waals surface area contributed by atoms with Crippen LogP contribution in [0.2, 0.25) is 0 Å². The summed E-state index contributed by atoms with van der Waals surface area (Å²) < 4.78 is 40.6. The number of halogens is 1. The molecule has 0 bridgehead atoms. The van der Waals surface area contributed by atoms with Gasteiger partial charge in [-0.2, -0.15) is 4.31 Å². The predicted molar refractivity (Wildman–Crippen MR) is 80.8 cm³/mol. The van der Waals surface area contributed by atoms with E-state index in [1.54, 1.807) is 0 Å². The van der Waals surface area contributed by atoms with Crippen LogP contribution >= 0.6 is 12.2 Å². The lowest BCUT2D eigenvalue weighted by Gasteiger charge is -2.25. The summed E-state index contributed by atoms with van der Waals surface area (Å²) in [6.07, 6.45) is 0.641. The van der Waals surface area contributed by atoms with Crippen LogP contribution in [0.4, 0.5) is 4.39 Å². The van der Waals surface area contributed by atoms with Crippen LogP contribution in [0.1, 0.15) is 18.9 Å². The van der Waals surface area contributed by atoms with Crippen LogP contribution in [0.3, 0.4) is 0 Å². The summed E-state index contributed by atoms with van der Waals surface area (Å²) in [7, 11) is -3.97. The van der Waals surface area contributed by atoms with E-state index in [1.165, 1.54) is 16.4 Å². The molecule has 1 aromatic rings. The average Bonchev–Trinajstić information content (AvgIpc) is 2.79. The zero-order valence-electron chi connectivity index (χ0n) is 11.5. The second-order valence-electron chi connectivity index (χ2n) is 5.11. The van der Waals surface area contributed by atoms with Gasteiger partial charge in [-0.25, -0.2) is 12.8 Å². The highest BCUT2D eigenvalue weighted by molar-refractivity contribution is 7.89.